The van der Waals surface area contributed by atoms with E-state index in [1.165, 1.54) is 24.3 Å². The molecule has 0 saturated carbocycles. The summed E-state index contributed by atoms with van der Waals surface area (Å²) in [5.74, 6) is -0.517. The molecule has 0 bridgehead atoms. The maximum atomic E-state index is 11.9. The fourth-order valence-corrected chi connectivity index (χ4v) is 1.84. The normalized spacial score (nSPS) is 11.1. The van der Waals surface area contributed by atoms with Crippen molar-refractivity contribution in [2.75, 3.05) is 0 Å². The monoisotopic (exact) mass is 317 g/mol. The van der Waals surface area contributed by atoms with Gasteiger partial charge in [-0.1, -0.05) is 29.8 Å². The van der Waals surface area contributed by atoms with Crippen molar-refractivity contribution in [3.05, 3.63) is 74.8 Å². The molecule has 2 aromatic carbocycles. The lowest BCUT2D eigenvalue weighted by molar-refractivity contribution is -0.384. The number of non-ortho nitro benzene ring substituents is 1. The molecule has 0 aliphatic carbocycles. The van der Waals surface area contributed by atoms with Gasteiger partial charge in [0.2, 0.25) is 0 Å². The third-order valence-electron chi connectivity index (χ3n) is 2.91. The first-order valence-electron chi connectivity index (χ1n) is 6.32. The van der Waals surface area contributed by atoms with Crippen molar-refractivity contribution in [3.8, 4) is 0 Å². The van der Waals surface area contributed by atoms with Gasteiger partial charge in [0, 0.05) is 22.7 Å². The fourth-order valence-electron chi connectivity index (χ4n) is 1.72. The van der Waals surface area contributed by atoms with Crippen molar-refractivity contribution in [3.63, 3.8) is 0 Å². The molecule has 1 amide bonds. The maximum absolute atomic E-state index is 11.9. The van der Waals surface area contributed by atoms with Crippen molar-refractivity contribution < 1.29 is 9.72 Å². The van der Waals surface area contributed by atoms with Crippen molar-refractivity contribution >= 4 is 28.9 Å². The third kappa shape index (κ3) is 3.89. The van der Waals surface area contributed by atoms with E-state index in [9.17, 15) is 14.9 Å². The van der Waals surface area contributed by atoms with E-state index in [4.69, 9.17) is 11.6 Å². The van der Waals surface area contributed by atoms with Crippen LogP contribution in [0.5, 0.6) is 0 Å². The van der Waals surface area contributed by atoms with Gasteiger partial charge in [-0.25, -0.2) is 5.43 Å². The smallest absolute Gasteiger partial charge is 0.267 e. The highest BCUT2D eigenvalue weighted by molar-refractivity contribution is 6.30. The molecule has 112 valence electrons. The Morgan fingerprint density at radius 2 is 1.86 bits per heavy atom. The number of hydrogen-bond acceptors (Lipinski definition) is 4. The minimum absolute atomic E-state index is 0.147. The highest BCUT2D eigenvalue weighted by Gasteiger charge is 2.11. The van der Waals surface area contributed by atoms with Gasteiger partial charge in [-0.2, -0.15) is 5.10 Å². The number of amides is 1. The van der Waals surface area contributed by atoms with Crippen LogP contribution in [0.3, 0.4) is 0 Å². The summed E-state index contributed by atoms with van der Waals surface area (Å²) in [6, 6.07) is 12.4. The molecule has 0 atom stereocenters. The Balaban J connectivity index is 2.11. The lowest BCUT2D eigenvalue weighted by Crippen LogP contribution is -2.19. The number of nitro groups is 1. The number of hydrazone groups is 1. The predicted octanol–water partition coefficient (Wildman–Crippen LogP) is 3.40. The Hall–Kier alpha value is -2.73. The van der Waals surface area contributed by atoms with Crippen LogP contribution < -0.4 is 5.43 Å². The molecule has 2 rings (SSSR count). The molecule has 6 nitrogen and oxygen atoms in total. The minimum atomic E-state index is -0.557. The van der Waals surface area contributed by atoms with Gasteiger partial charge < -0.3 is 0 Å². The SMILES string of the molecule is C/C(=N\NC(=O)c1cccc([N+](=O)[O-])c1)c1ccc(Cl)cc1. The first-order valence-corrected chi connectivity index (χ1v) is 6.70. The van der Waals surface area contributed by atoms with Crippen LogP contribution in [0.4, 0.5) is 5.69 Å². The van der Waals surface area contributed by atoms with Gasteiger partial charge in [-0.15, -0.1) is 0 Å². The zero-order chi connectivity index (χ0) is 16.1. The maximum Gasteiger partial charge on any atom is 0.271 e. The molecule has 0 spiro atoms. The van der Waals surface area contributed by atoms with Crippen LogP contribution in [0.15, 0.2) is 53.6 Å². The number of carbonyl (C=O) groups is 1. The van der Waals surface area contributed by atoms with Crippen molar-refractivity contribution in [2.24, 2.45) is 5.10 Å². The minimum Gasteiger partial charge on any atom is -0.267 e. The van der Waals surface area contributed by atoms with E-state index in [1.54, 1.807) is 31.2 Å². The molecule has 0 saturated heterocycles. The summed E-state index contributed by atoms with van der Waals surface area (Å²) in [7, 11) is 0. The molecule has 2 aromatic rings. The Labute approximate surface area is 131 Å². The predicted molar refractivity (Wildman–Crippen MR) is 84.2 cm³/mol. The van der Waals surface area contributed by atoms with E-state index < -0.39 is 10.8 Å². The van der Waals surface area contributed by atoms with E-state index in [1.807, 2.05) is 0 Å². The van der Waals surface area contributed by atoms with Crippen LogP contribution in [0.25, 0.3) is 0 Å². The van der Waals surface area contributed by atoms with Gasteiger partial charge in [0.05, 0.1) is 10.6 Å². The molecule has 0 aromatic heterocycles. The number of hydrogen-bond donors (Lipinski definition) is 1. The summed E-state index contributed by atoms with van der Waals surface area (Å²) in [5, 5.41) is 15.3. The van der Waals surface area contributed by atoms with Crippen molar-refractivity contribution in [2.45, 2.75) is 6.92 Å². The van der Waals surface area contributed by atoms with Gasteiger partial charge >= 0.3 is 0 Å². The Morgan fingerprint density at radius 1 is 1.18 bits per heavy atom. The van der Waals surface area contributed by atoms with E-state index in [-0.39, 0.29) is 11.3 Å². The van der Waals surface area contributed by atoms with Crippen molar-refractivity contribution in [1.29, 1.82) is 0 Å². The van der Waals surface area contributed by atoms with Crippen LogP contribution in [0.1, 0.15) is 22.8 Å². The summed E-state index contributed by atoms with van der Waals surface area (Å²) in [6.45, 7) is 1.73. The van der Waals surface area contributed by atoms with Crippen LogP contribution in [-0.4, -0.2) is 16.5 Å². The number of rotatable bonds is 4. The summed E-state index contributed by atoms with van der Waals surface area (Å²) >= 11 is 5.80. The average Bonchev–Trinajstić information content (AvgIpc) is 2.53. The quantitative estimate of drug-likeness (QED) is 0.533. The van der Waals surface area contributed by atoms with Gasteiger partial charge in [-0.3, -0.25) is 14.9 Å². The van der Waals surface area contributed by atoms with Crippen LogP contribution >= 0.6 is 11.6 Å². The van der Waals surface area contributed by atoms with Gasteiger partial charge in [-0.05, 0) is 30.7 Å². The second-order valence-corrected chi connectivity index (χ2v) is 4.89. The van der Waals surface area contributed by atoms with Crippen LogP contribution in [0, 0.1) is 10.1 Å². The fraction of sp³-hybridized carbons (Fsp3) is 0.0667. The van der Waals surface area contributed by atoms with Gasteiger partial charge in [0.15, 0.2) is 0 Å². The van der Waals surface area contributed by atoms with Crippen molar-refractivity contribution in [1.82, 2.24) is 5.43 Å². The van der Waals surface area contributed by atoms with E-state index >= 15 is 0 Å². The molecule has 22 heavy (non-hydrogen) atoms. The van der Waals surface area contributed by atoms with Crippen LogP contribution in [0.2, 0.25) is 5.02 Å². The number of nitro benzene ring substituents is 1. The number of nitrogens with one attached hydrogen (secondary N) is 1. The topological polar surface area (TPSA) is 84.6 Å². The molecule has 7 heteroatoms. The summed E-state index contributed by atoms with van der Waals surface area (Å²) < 4.78 is 0. The summed E-state index contributed by atoms with van der Waals surface area (Å²) in [4.78, 5) is 22.1. The first-order chi connectivity index (χ1) is 10.5. The van der Waals surface area contributed by atoms with Gasteiger partial charge in [0.25, 0.3) is 11.6 Å². The number of carbonyl (C=O) groups excluding carboxylic acids is 1. The summed E-state index contributed by atoms with van der Waals surface area (Å²) in [5.41, 5.74) is 3.79. The zero-order valence-electron chi connectivity index (χ0n) is 11.6. The third-order valence-corrected chi connectivity index (χ3v) is 3.16. The molecule has 0 aliphatic heterocycles. The molecular formula is C15H12ClN3O3. The molecule has 0 radical (unpaired) electrons. The molecule has 0 aliphatic rings. The molecule has 0 fully saturated rings. The molecule has 1 N–H and O–H groups in total. The Morgan fingerprint density at radius 3 is 2.50 bits per heavy atom. The Kier molecular flexibility index (Phi) is 4.85. The molecule has 0 heterocycles. The first kappa shape index (κ1) is 15.7. The second-order valence-electron chi connectivity index (χ2n) is 4.45. The molecular weight excluding hydrogens is 306 g/mol. The highest BCUT2D eigenvalue weighted by Crippen LogP contribution is 2.13. The highest BCUT2D eigenvalue weighted by atomic mass is 35.5. The second kappa shape index (κ2) is 6.82. The zero-order valence-corrected chi connectivity index (χ0v) is 12.4. The lowest BCUT2D eigenvalue weighted by atomic mass is 10.1. The lowest BCUT2D eigenvalue weighted by Gasteiger charge is -2.03. The van der Waals surface area contributed by atoms with Crippen LogP contribution in [-0.2, 0) is 0 Å². The number of halogens is 1. The van der Waals surface area contributed by atoms with E-state index in [0.29, 0.717) is 10.7 Å². The number of nitrogens with zero attached hydrogens (tertiary/aromatic N) is 2. The molecule has 0 unspecified atom stereocenters. The van der Waals surface area contributed by atoms with E-state index in [0.717, 1.165) is 5.56 Å². The Bertz CT molecular complexity index is 742. The van der Waals surface area contributed by atoms with Gasteiger partial charge in [0.1, 0.15) is 0 Å². The summed E-state index contributed by atoms with van der Waals surface area (Å²) in [6.07, 6.45) is 0. The van der Waals surface area contributed by atoms with E-state index in [2.05, 4.69) is 10.5 Å². The average molecular weight is 318 g/mol. The largest absolute Gasteiger partial charge is 0.271 e. The number of benzene rings is 2. The standard InChI is InChI=1S/C15H12ClN3O3/c1-10(11-5-7-13(16)8-6-11)17-18-15(20)12-3-2-4-14(9-12)19(21)22/h2-9H,1H3,(H,18,20)/b17-10+.